The first-order valence-corrected chi connectivity index (χ1v) is 8.75. The van der Waals surface area contributed by atoms with Gasteiger partial charge in [-0.25, -0.2) is 14.6 Å². The molecule has 29 heavy (non-hydrogen) atoms. The van der Waals surface area contributed by atoms with Crippen LogP contribution in [-0.4, -0.2) is 50.8 Å². The van der Waals surface area contributed by atoms with Crippen LogP contribution in [0.1, 0.15) is 22.8 Å². The summed E-state index contributed by atoms with van der Waals surface area (Å²) in [5.41, 5.74) is 1.11. The van der Waals surface area contributed by atoms with E-state index < -0.39 is 6.61 Å². The third-order valence-electron chi connectivity index (χ3n) is 3.94. The average Bonchev–Trinajstić information content (AvgIpc) is 3.24. The zero-order chi connectivity index (χ0) is 20.8. The number of pyridine rings is 1. The molecule has 2 aromatic heterocycles. The maximum atomic E-state index is 12.7. The van der Waals surface area contributed by atoms with Crippen LogP contribution in [0, 0.1) is 0 Å². The lowest BCUT2D eigenvalue weighted by atomic mass is 10.1. The van der Waals surface area contributed by atoms with Gasteiger partial charge in [-0.3, -0.25) is 4.79 Å². The number of rotatable bonds is 8. The van der Waals surface area contributed by atoms with Gasteiger partial charge in [0.25, 0.3) is 5.91 Å². The van der Waals surface area contributed by atoms with E-state index in [1.54, 1.807) is 38.2 Å². The molecule has 152 valence electrons. The molecule has 1 aromatic carbocycles. The van der Waals surface area contributed by atoms with E-state index in [0.29, 0.717) is 23.6 Å². The van der Waals surface area contributed by atoms with Crippen LogP contribution in [0.15, 0.2) is 49.2 Å². The van der Waals surface area contributed by atoms with Gasteiger partial charge in [0.2, 0.25) is 0 Å². The second-order valence-electron chi connectivity index (χ2n) is 6.00. The van der Waals surface area contributed by atoms with E-state index in [-0.39, 0.29) is 24.0 Å². The highest BCUT2D eigenvalue weighted by Gasteiger charge is 2.16. The summed E-state index contributed by atoms with van der Waals surface area (Å²) in [6.07, 6.45) is 4.36. The Bertz CT molecular complexity index is 949. The highest BCUT2D eigenvalue weighted by Crippen LogP contribution is 2.30. The zero-order valence-electron chi connectivity index (χ0n) is 15.8. The fraction of sp³-hybridized carbons (Fsp3) is 0.263. The summed E-state index contributed by atoms with van der Waals surface area (Å²) in [4.78, 5) is 22.2. The maximum Gasteiger partial charge on any atom is 0.387 e. The van der Waals surface area contributed by atoms with E-state index in [2.05, 4.69) is 19.8 Å². The monoisotopic (exact) mass is 403 g/mol. The van der Waals surface area contributed by atoms with Crippen molar-refractivity contribution in [1.29, 1.82) is 0 Å². The van der Waals surface area contributed by atoms with Crippen molar-refractivity contribution < 1.29 is 23.0 Å². The van der Waals surface area contributed by atoms with Gasteiger partial charge in [-0.1, -0.05) is 6.07 Å². The Balaban J connectivity index is 1.71. The molecular formula is C19H19F2N5O3. The third kappa shape index (κ3) is 5.03. The van der Waals surface area contributed by atoms with Crippen molar-refractivity contribution >= 4 is 5.91 Å². The highest BCUT2D eigenvalue weighted by molar-refractivity contribution is 5.93. The minimum absolute atomic E-state index is 0.0486. The van der Waals surface area contributed by atoms with E-state index in [1.807, 2.05) is 0 Å². The molecule has 3 rings (SSSR count). The molecule has 0 bridgehead atoms. The molecule has 3 aromatic rings. The van der Waals surface area contributed by atoms with Crippen LogP contribution in [0.25, 0.3) is 5.82 Å². The second-order valence-corrected chi connectivity index (χ2v) is 6.00. The summed E-state index contributed by atoms with van der Waals surface area (Å²) < 4.78 is 36.3. The number of hydrogen-bond donors (Lipinski definition) is 0. The van der Waals surface area contributed by atoms with Crippen LogP contribution in [0.5, 0.6) is 11.5 Å². The minimum atomic E-state index is -2.95. The maximum absolute atomic E-state index is 12.7. The fourth-order valence-corrected chi connectivity index (χ4v) is 2.65. The molecule has 2 heterocycles. The Kier molecular flexibility index (Phi) is 6.32. The lowest BCUT2D eigenvalue weighted by Gasteiger charge is -2.19. The van der Waals surface area contributed by atoms with Crippen molar-refractivity contribution in [3.05, 3.63) is 60.3 Å². The minimum Gasteiger partial charge on any atom is -0.490 e. The lowest BCUT2D eigenvalue weighted by molar-refractivity contribution is -0.0514. The Morgan fingerprint density at radius 1 is 1.24 bits per heavy atom. The van der Waals surface area contributed by atoms with Crippen LogP contribution in [0.3, 0.4) is 0 Å². The number of alkyl halides is 2. The molecule has 0 aliphatic heterocycles. The molecular weight excluding hydrogens is 384 g/mol. The van der Waals surface area contributed by atoms with Crippen molar-refractivity contribution in [1.82, 2.24) is 24.6 Å². The smallest absolute Gasteiger partial charge is 0.387 e. The van der Waals surface area contributed by atoms with Crippen LogP contribution in [-0.2, 0) is 6.54 Å². The van der Waals surface area contributed by atoms with Gasteiger partial charge < -0.3 is 14.4 Å². The SMILES string of the molecule is CCOc1cc(CN(C)C(=O)c2ccc(-n3cncn3)nc2)ccc1OC(F)F. The number of halogens is 2. The van der Waals surface area contributed by atoms with Crippen LogP contribution in [0.4, 0.5) is 8.78 Å². The summed E-state index contributed by atoms with van der Waals surface area (Å²) in [7, 11) is 1.64. The van der Waals surface area contributed by atoms with Crippen molar-refractivity contribution in [2.45, 2.75) is 20.1 Å². The standard InChI is InChI=1S/C19H19F2N5O3/c1-3-28-16-8-13(4-6-15(16)29-19(20)21)10-25(2)18(27)14-5-7-17(23-9-14)26-12-22-11-24-26/h4-9,11-12,19H,3,10H2,1-2H3. The molecule has 0 aliphatic rings. The first-order valence-electron chi connectivity index (χ1n) is 8.75. The summed E-state index contributed by atoms with van der Waals surface area (Å²) in [5, 5.41) is 3.98. The van der Waals surface area contributed by atoms with E-state index in [4.69, 9.17) is 4.74 Å². The molecule has 0 atom stereocenters. The number of nitrogens with zero attached hydrogens (tertiary/aromatic N) is 5. The fourth-order valence-electron chi connectivity index (χ4n) is 2.65. The summed E-state index contributed by atoms with van der Waals surface area (Å²) in [6.45, 7) is -0.664. The van der Waals surface area contributed by atoms with Crippen LogP contribution >= 0.6 is 0 Å². The number of hydrogen-bond acceptors (Lipinski definition) is 6. The van der Waals surface area contributed by atoms with Crippen LogP contribution < -0.4 is 9.47 Å². The first-order chi connectivity index (χ1) is 14.0. The lowest BCUT2D eigenvalue weighted by Crippen LogP contribution is -2.26. The van der Waals surface area contributed by atoms with Gasteiger partial charge in [-0.2, -0.15) is 13.9 Å². The highest BCUT2D eigenvalue weighted by atomic mass is 19.3. The second kappa shape index (κ2) is 9.09. The normalized spacial score (nSPS) is 10.8. The number of ether oxygens (including phenoxy) is 2. The van der Waals surface area contributed by atoms with E-state index in [0.717, 1.165) is 0 Å². The van der Waals surface area contributed by atoms with Crippen molar-refractivity contribution in [2.75, 3.05) is 13.7 Å². The Hall–Kier alpha value is -3.56. The molecule has 0 saturated carbocycles. The van der Waals surface area contributed by atoms with Gasteiger partial charge in [-0.15, -0.1) is 0 Å². The molecule has 1 amide bonds. The quantitative estimate of drug-likeness (QED) is 0.575. The molecule has 0 fully saturated rings. The molecule has 0 radical (unpaired) electrons. The molecule has 0 spiro atoms. The molecule has 0 saturated heterocycles. The Morgan fingerprint density at radius 3 is 2.69 bits per heavy atom. The number of carbonyl (C=O) groups is 1. The zero-order valence-corrected chi connectivity index (χ0v) is 15.8. The summed E-state index contributed by atoms with van der Waals surface area (Å²) in [5.74, 6) is 0.448. The number of benzene rings is 1. The van der Waals surface area contributed by atoms with Crippen LogP contribution in [0.2, 0.25) is 0 Å². The van der Waals surface area contributed by atoms with Crippen molar-refractivity contribution in [3.63, 3.8) is 0 Å². The Labute approximate surface area is 165 Å². The number of amides is 1. The van der Waals surface area contributed by atoms with E-state index in [9.17, 15) is 13.6 Å². The van der Waals surface area contributed by atoms with Gasteiger partial charge in [0, 0.05) is 19.8 Å². The first kappa shape index (κ1) is 20.2. The van der Waals surface area contributed by atoms with Crippen molar-refractivity contribution in [2.24, 2.45) is 0 Å². The average molecular weight is 403 g/mol. The molecule has 0 N–H and O–H groups in total. The molecule has 0 aliphatic carbocycles. The third-order valence-corrected chi connectivity index (χ3v) is 3.94. The van der Waals surface area contributed by atoms with Gasteiger partial charge in [0.1, 0.15) is 12.7 Å². The predicted molar refractivity (Wildman–Crippen MR) is 99.2 cm³/mol. The van der Waals surface area contributed by atoms with Gasteiger partial charge in [0.05, 0.1) is 12.2 Å². The van der Waals surface area contributed by atoms with E-state index >= 15 is 0 Å². The predicted octanol–water partition coefficient (Wildman–Crippen LogP) is 2.93. The summed E-state index contributed by atoms with van der Waals surface area (Å²) >= 11 is 0. The van der Waals surface area contributed by atoms with Gasteiger partial charge >= 0.3 is 6.61 Å². The van der Waals surface area contributed by atoms with Gasteiger partial charge in [-0.05, 0) is 36.8 Å². The number of carbonyl (C=O) groups excluding carboxylic acids is 1. The molecule has 8 nitrogen and oxygen atoms in total. The van der Waals surface area contributed by atoms with E-state index in [1.165, 1.54) is 34.5 Å². The number of aromatic nitrogens is 4. The molecule has 0 unspecified atom stereocenters. The van der Waals surface area contributed by atoms with Gasteiger partial charge in [0.15, 0.2) is 17.3 Å². The Morgan fingerprint density at radius 2 is 2.07 bits per heavy atom. The van der Waals surface area contributed by atoms with Crippen molar-refractivity contribution in [3.8, 4) is 17.3 Å². The largest absolute Gasteiger partial charge is 0.490 e. The molecule has 10 heteroatoms. The summed E-state index contributed by atoms with van der Waals surface area (Å²) in [6, 6.07) is 7.90. The topological polar surface area (TPSA) is 82.4 Å².